The van der Waals surface area contributed by atoms with E-state index in [9.17, 15) is 9.59 Å². The molecule has 0 saturated heterocycles. The highest BCUT2D eigenvalue weighted by atomic mass is 35.5. The average Bonchev–Trinajstić information content (AvgIpc) is 3.36. The molecule has 0 atom stereocenters. The number of benzene rings is 2. The number of fused-ring (bicyclic) bond motifs is 1. The molecule has 0 spiro atoms. The topological polar surface area (TPSA) is 89.8 Å². The van der Waals surface area contributed by atoms with Crippen molar-refractivity contribution in [3.8, 4) is 0 Å². The molecule has 0 radical (unpaired) electrons. The van der Waals surface area contributed by atoms with Gasteiger partial charge in [0, 0.05) is 23.3 Å². The highest BCUT2D eigenvalue weighted by molar-refractivity contribution is 8.01. The molecule has 0 aliphatic carbocycles. The van der Waals surface area contributed by atoms with E-state index in [1.54, 1.807) is 35.2 Å². The minimum Gasteiger partial charge on any atom is -0.325 e. The summed E-state index contributed by atoms with van der Waals surface area (Å²) in [7, 11) is 1.83. The lowest BCUT2D eigenvalue weighted by Crippen LogP contribution is -2.14. The third-order valence-corrected chi connectivity index (χ3v) is 7.60. The lowest BCUT2D eigenvalue weighted by Gasteiger charge is -2.04. The fourth-order valence-electron chi connectivity index (χ4n) is 2.62. The molecular weight excluding hydrogens is 474 g/mol. The molecule has 2 aromatic carbocycles. The minimum absolute atomic E-state index is 0.0225. The van der Waals surface area contributed by atoms with Crippen LogP contribution in [0.3, 0.4) is 0 Å². The Morgan fingerprint density at radius 2 is 1.94 bits per heavy atom. The Kier molecular flexibility index (Phi) is 6.91. The summed E-state index contributed by atoms with van der Waals surface area (Å²) in [6, 6.07) is 12.4. The van der Waals surface area contributed by atoms with E-state index < -0.39 is 0 Å². The summed E-state index contributed by atoms with van der Waals surface area (Å²) in [5.74, 6) is 0.431. The number of amides is 1. The highest BCUT2D eigenvalue weighted by Gasteiger charge is 2.12. The number of hydrogen-bond donors (Lipinski definition) is 1. The smallest absolute Gasteiger partial charge is 0.234 e. The SMILES string of the molecule is Cn1cnnc1SCC(=O)Nc1ccc2nc(SCC(=O)c3ccc(Cl)cc3)sc2c1. The number of rotatable bonds is 8. The van der Waals surface area contributed by atoms with Gasteiger partial charge in [0.05, 0.1) is 21.7 Å². The third kappa shape index (κ3) is 5.65. The van der Waals surface area contributed by atoms with E-state index in [-0.39, 0.29) is 17.4 Å². The van der Waals surface area contributed by atoms with Crippen molar-refractivity contribution in [2.75, 3.05) is 16.8 Å². The molecule has 2 aromatic heterocycles. The second-order valence-electron chi connectivity index (χ2n) is 6.44. The monoisotopic (exact) mass is 489 g/mol. The van der Waals surface area contributed by atoms with Gasteiger partial charge in [-0.15, -0.1) is 21.5 Å². The van der Waals surface area contributed by atoms with Crippen LogP contribution < -0.4 is 5.32 Å². The molecule has 1 amide bonds. The first kappa shape index (κ1) is 21.8. The van der Waals surface area contributed by atoms with Gasteiger partial charge in [0.15, 0.2) is 15.3 Å². The number of nitrogens with zero attached hydrogens (tertiary/aromatic N) is 4. The number of nitrogens with one attached hydrogen (secondary N) is 1. The molecule has 4 aromatic rings. The molecule has 4 rings (SSSR count). The van der Waals surface area contributed by atoms with Crippen LogP contribution in [0.1, 0.15) is 10.4 Å². The van der Waals surface area contributed by atoms with E-state index in [1.807, 2.05) is 25.2 Å². The van der Waals surface area contributed by atoms with Crippen LogP contribution in [0.2, 0.25) is 5.02 Å². The normalized spacial score (nSPS) is 11.0. The molecule has 1 N–H and O–H groups in total. The maximum absolute atomic E-state index is 12.3. The predicted molar refractivity (Wildman–Crippen MR) is 126 cm³/mol. The zero-order chi connectivity index (χ0) is 21.8. The zero-order valence-corrected chi connectivity index (χ0v) is 19.4. The Balaban J connectivity index is 1.35. The van der Waals surface area contributed by atoms with Crippen LogP contribution in [-0.4, -0.2) is 42.9 Å². The molecular formula is C20H16ClN5O2S3. The van der Waals surface area contributed by atoms with Crippen molar-refractivity contribution in [3.05, 3.63) is 59.4 Å². The first-order valence-corrected chi connectivity index (χ1v) is 12.2. The first-order chi connectivity index (χ1) is 15.0. The van der Waals surface area contributed by atoms with Crippen LogP contribution in [0.4, 0.5) is 5.69 Å². The number of aryl methyl sites for hydroxylation is 1. The number of anilines is 1. The van der Waals surface area contributed by atoms with Gasteiger partial charge in [-0.25, -0.2) is 4.98 Å². The van der Waals surface area contributed by atoms with Crippen molar-refractivity contribution in [1.82, 2.24) is 19.7 Å². The summed E-state index contributed by atoms with van der Waals surface area (Å²) in [6.45, 7) is 0. The van der Waals surface area contributed by atoms with Gasteiger partial charge in [-0.2, -0.15) is 0 Å². The molecule has 2 heterocycles. The Morgan fingerprint density at radius 3 is 2.68 bits per heavy atom. The van der Waals surface area contributed by atoms with Crippen molar-refractivity contribution < 1.29 is 9.59 Å². The van der Waals surface area contributed by atoms with E-state index >= 15 is 0 Å². The van der Waals surface area contributed by atoms with Gasteiger partial charge in [-0.1, -0.05) is 35.1 Å². The largest absolute Gasteiger partial charge is 0.325 e. The van der Waals surface area contributed by atoms with Gasteiger partial charge in [0.25, 0.3) is 0 Å². The lowest BCUT2D eigenvalue weighted by molar-refractivity contribution is -0.113. The zero-order valence-electron chi connectivity index (χ0n) is 16.2. The quantitative estimate of drug-likeness (QED) is 0.281. The summed E-state index contributed by atoms with van der Waals surface area (Å²) in [5, 5.41) is 11.9. The Hall–Kier alpha value is -2.40. The van der Waals surface area contributed by atoms with Crippen molar-refractivity contribution in [2.45, 2.75) is 9.50 Å². The second-order valence-corrected chi connectivity index (χ2v) is 10.1. The van der Waals surface area contributed by atoms with Crippen molar-refractivity contribution in [1.29, 1.82) is 0 Å². The van der Waals surface area contributed by atoms with Crippen LogP contribution in [0.25, 0.3) is 10.2 Å². The van der Waals surface area contributed by atoms with Gasteiger partial charge in [-0.3, -0.25) is 9.59 Å². The molecule has 158 valence electrons. The number of hydrogen-bond acceptors (Lipinski definition) is 8. The first-order valence-electron chi connectivity index (χ1n) is 9.07. The van der Waals surface area contributed by atoms with Crippen molar-refractivity contribution >= 4 is 74.1 Å². The van der Waals surface area contributed by atoms with Crippen LogP contribution in [-0.2, 0) is 11.8 Å². The minimum atomic E-state index is -0.125. The van der Waals surface area contributed by atoms with Crippen LogP contribution >= 0.6 is 46.5 Å². The second kappa shape index (κ2) is 9.82. The van der Waals surface area contributed by atoms with Gasteiger partial charge >= 0.3 is 0 Å². The summed E-state index contributed by atoms with van der Waals surface area (Å²) in [4.78, 5) is 29.1. The van der Waals surface area contributed by atoms with E-state index in [2.05, 4.69) is 20.5 Å². The van der Waals surface area contributed by atoms with Crippen molar-refractivity contribution in [2.24, 2.45) is 7.05 Å². The molecule has 0 aliphatic rings. The summed E-state index contributed by atoms with van der Waals surface area (Å²) >= 11 is 10.1. The molecule has 7 nitrogen and oxygen atoms in total. The molecule has 31 heavy (non-hydrogen) atoms. The summed E-state index contributed by atoms with van der Waals surface area (Å²) in [6.07, 6.45) is 1.59. The number of carbonyl (C=O) groups is 2. The molecule has 0 fully saturated rings. The lowest BCUT2D eigenvalue weighted by atomic mass is 10.1. The van der Waals surface area contributed by atoms with Gasteiger partial charge < -0.3 is 9.88 Å². The van der Waals surface area contributed by atoms with Gasteiger partial charge in [0.1, 0.15) is 6.33 Å². The standard InChI is InChI=1S/C20H16ClN5O2S3/c1-26-11-22-25-19(26)29-10-18(28)23-14-6-7-15-17(8-14)31-20(24-15)30-9-16(27)12-2-4-13(21)5-3-12/h2-8,11H,9-10H2,1H3,(H,23,28). The van der Waals surface area contributed by atoms with Gasteiger partial charge in [0.2, 0.25) is 5.91 Å². The average molecular weight is 490 g/mol. The maximum Gasteiger partial charge on any atom is 0.234 e. The Labute approximate surface area is 195 Å². The molecule has 0 aliphatic heterocycles. The van der Waals surface area contributed by atoms with E-state index in [4.69, 9.17) is 11.6 Å². The predicted octanol–water partition coefficient (Wildman–Crippen LogP) is 4.78. The number of ketones is 1. The van der Waals surface area contributed by atoms with E-state index in [0.29, 0.717) is 27.2 Å². The molecule has 11 heteroatoms. The number of Topliss-reactive ketones (excluding diaryl/α,β-unsaturated/α-hetero) is 1. The Bertz CT molecular complexity index is 1240. The van der Waals surface area contributed by atoms with E-state index in [0.717, 1.165) is 14.6 Å². The van der Waals surface area contributed by atoms with Crippen LogP contribution in [0.15, 0.2) is 58.3 Å². The highest BCUT2D eigenvalue weighted by Crippen LogP contribution is 2.31. The van der Waals surface area contributed by atoms with Crippen molar-refractivity contribution in [3.63, 3.8) is 0 Å². The molecule has 0 bridgehead atoms. The number of aromatic nitrogens is 4. The maximum atomic E-state index is 12.3. The van der Waals surface area contributed by atoms with E-state index in [1.165, 1.54) is 34.9 Å². The van der Waals surface area contributed by atoms with Gasteiger partial charge in [-0.05, 0) is 42.5 Å². The number of thioether (sulfide) groups is 2. The Morgan fingerprint density at radius 1 is 1.13 bits per heavy atom. The summed E-state index contributed by atoms with van der Waals surface area (Å²) < 4.78 is 3.51. The summed E-state index contributed by atoms with van der Waals surface area (Å²) in [5.41, 5.74) is 2.16. The fourth-order valence-corrected chi connectivity index (χ4v) is 5.44. The number of carbonyl (C=O) groups excluding carboxylic acids is 2. The molecule has 0 saturated carbocycles. The molecule has 0 unspecified atom stereocenters. The fraction of sp³-hybridized carbons (Fsp3) is 0.150. The third-order valence-electron chi connectivity index (χ3n) is 4.15. The number of thiazole rings is 1. The number of halogens is 1. The van der Waals surface area contributed by atoms with Crippen LogP contribution in [0.5, 0.6) is 0 Å². The van der Waals surface area contributed by atoms with Crippen LogP contribution in [0, 0.1) is 0 Å².